The summed E-state index contributed by atoms with van der Waals surface area (Å²) >= 11 is 0. The average Bonchev–Trinajstić information content (AvgIpc) is 2.56. The molecular weight excluding hydrogens is 214 g/mol. The number of hydrogen-bond acceptors (Lipinski definition) is 3. The highest BCUT2D eigenvalue weighted by atomic mass is 16.5. The smallest absolute Gasteiger partial charge is 0.203 e. The van der Waals surface area contributed by atoms with Crippen LogP contribution in [0.3, 0.4) is 0 Å². The fourth-order valence-electron chi connectivity index (χ4n) is 1.74. The van der Waals surface area contributed by atoms with Crippen LogP contribution in [0.4, 0.5) is 5.95 Å². The largest absolute Gasteiger partial charge is 0.377 e. The van der Waals surface area contributed by atoms with Crippen LogP contribution in [0.25, 0.3) is 0 Å². The molecule has 1 N–H and O–H groups in total. The van der Waals surface area contributed by atoms with E-state index in [-0.39, 0.29) is 6.10 Å². The zero-order valence-corrected chi connectivity index (χ0v) is 11.7. The third-order valence-corrected chi connectivity index (χ3v) is 2.47. The van der Waals surface area contributed by atoms with Crippen molar-refractivity contribution < 1.29 is 4.74 Å². The molecule has 4 nitrogen and oxygen atoms in total. The molecule has 1 unspecified atom stereocenters. The monoisotopic (exact) mass is 239 g/mol. The fraction of sp³-hybridized carbons (Fsp3) is 0.769. The topological polar surface area (TPSA) is 39.1 Å². The Labute approximate surface area is 104 Å². The number of aryl methyl sites for hydroxylation is 1. The van der Waals surface area contributed by atoms with Crippen molar-refractivity contribution in [3.05, 3.63) is 11.9 Å². The van der Waals surface area contributed by atoms with Gasteiger partial charge in [-0.25, -0.2) is 4.98 Å². The van der Waals surface area contributed by atoms with E-state index in [1.807, 2.05) is 13.8 Å². The molecule has 4 heteroatoms. The van der Waals surface area contributed by atoms with Gasteiger partial charge in [-0.3, -0.25) is 0 Å². The third kappa shape index (κ3) is 4.77. The van der Waals surface area contributed by atoms with Gasteiger partial charge in [0.2, 0.25) is 5.95 Å². The first-order valence-corrected chi connectivity index (χ1v) is 6.42. The van der Waals surface area contributed by atoms with Crippen LogP contribution in [0, 0.1) is 12.8 Å². The Morgan fingerprint density at radius 2 is 2.12 bits per heavy atom. The van der Waals surface area contributed by atoms with Gasteiger partial charge < -0.3 is 14.6 Å². The van der Waals surface area contributed by atoms with Crippen LogP contribution in [0.15, 0.2) is 6.20 Å². The number of nitrogens with zero attached hydrogens (tertiary/aromatic N) is 2. The molecule has 0 saturated heterocycles. The zero-order valence-electron chi connectivity index (χ0n) is 11.7. The molecular formula is C13H25N3O. The van der Waals surface area contributed by atoms with Crippen LogP contribution in [0.5, 0.6) is 0 Å². The number of aromatic nitrogens is 2. The van der Waals surface area contributed by atoms with E-state index >= 15 is 0 Å². The van der Waals surface area contributed by atoms with E-state index in [0.717, 1.165) is 31.3 Å². The van der Waals surface area contributed by atoms with Crippen LogP contribution in [-0.4, -0.2) is 28.8 Å². The molecule has 0 radical (unpaired) electrons. The van der Waals surface area contributed by atoms with Gasteiger partial charge in [0.05, 0.1) is 18.3 Å². The molecule has 0 aromatic carbocycles. The molecule has 0 spiro atoms. The van der Waals surface area contributed by atoms with Crippen LogP contribution in [0.2, 0.25) is 0 Å². The van der Waals surface area contributed by atoms with E-state index in [2.05, 4.69) is 41.8 Å². The Balaban J connectivity index is 2.63. The van der Waals surface area contributed by atoms with Crippen molar-refractivity contribution in [2.24, 2.45) is 5.92 Å². The van der Waals surface area contributed by atoms with E-state index in [4.69, 9.17) is 4.74 Å². The van der Waals surface area contributed by atoms with Crippen molar-refractivity contribution in [2.45, 2.75) is 47.3 Å². The molecule has 0 aliphatic heterocycles. The van der Waals surface area contributed by atoms with E-state index in [9.17, 15) is 0 Å². The summed E-state index contributed by atoms with van der Waals surface area (Å²) in [5, 5.41) is 3.38. The van der Waals surface area contributed by atoms with E-state index in [1.165, 1.54) is 0 Å². The Hall–Kier alpha value is -1.03. The molecule has 0 amide bonds. The highest BCUT2D eigenvalue weighted by molar-refractivity contribution is 5.28. The molecule has 17 heavy (non-hydrogen) atoms. The Morgan fingerprint density at radius 1 is 1.41 bits per heavy atom. The number of anilines is 1. The van der Waals surface area contributed by atoms with Crippen LogP contribution < -0.4 is 5.32 Å². The van der Waals surface area contributed by atoms with Gasteiger partial charge in [0.15, 0.2) is 0 Å². The van der Waals surface area contributed by atoms with Gasteiger partial charge in [-0.2, -0.15) is 0 Å². The molecule has 98 valence electrons. The lowest BCUT2D eigenvalue weighted by molar-refractivity contribution is 0.0644. The van der Waals surface area contributed by atoms with Crippen LogP contribution >= 0.6 is 0 Å². The molecule has 0 aliphatic carbocycles. The summed E-state index contributed by atoms with van der Waals surface area (Å²) in [7, 11) is 0. The maximum Gasteiger partial charge on any atom is 0.203 e. The molecule has 0 saturated carbocycles. The minimum absolute atomic E-state index is 0.216. The molecule has 1 aromatic heterocycles. The summed E-state index contributed by atoms with van der Waals surface area (Å²) in [4.78, 5) is 4.49. The van der Waals surface area contributed by atoms with Gasteiger partial charge in [-0.05, 0) is 26.7 Å². The SMILES string of the molecule is CCOC(C)Cn1cc(C)nc1NCC(C)C. The lowest BCUT2D eigenvalue weighted by atomic mass is 10.2. The van der Waals surface area contributed by atoms with Crippen molar-refractivity contribution in [1.82, 2.24) is 9.55 Å². The maximum atomic E-state index is 5.56. The summed E-state index contributed by atoms with van der Waals surface area (Å²) in [6, 6.07) is 0. The lowest BCUT2D eigenvalue weighted by Gasteiger charge is -2.15. The Bertz CT molecular complexity index is 333. The summed E-state index contributed by atoms with van der Waals surface area (Å²) in [5.74, 6) is 1.56. The van der Waals surface area contributed by atoms with Crippen molar-refractivity contribution in [3.63, 3.8) is 0 Å². The number of rotatable bonds is 7. The fourth-order valence-corrected chi connectivity index (χ4v) is 1.74. The van der Waals surface area contributed by atoms with Gasteiger partial charge in [0, 0.05) is 19.3 Å². The number of ether oxygens (including phenoxy) is 1. The highest BCUT2D eigenvalue weighted by Gasteiger charge is 2.09. The second kappa shape index (κ2) is 6.64. The average molecular weight is 239 g/mol. The first kappa shape index (κ1) is 14.0. The predicted molar refractivity (Wildman–Crippen MR) is 71.4 cm³/mol. The second-order valence-electron chi connectivity index (χ2n) is 4.90. The third-order valence-electron chi connectivity index (χ3n) is 2.47. The first-order chi connectivity index (χ1) is 8.02. The van der Waals surface area contributed by atoms with Crippen LogP contribution in [-0.2, 0) is 11.3 Å². The molecule has 1 atom stereocenters. The van der Waals surface area contributed by atoms with E-state index < -0.39 is 0 Å². The lowest BCUT2D eigenvalue weighted by Crippen LogP contribution is -2.19. The summed E-state index contributed by atoms with van der Waals surface area (Å²) in [6.45, 7) is 13.0. The predicted octanol–water partition coefficient (Wildman–Crippen LogP) is 2.68. The minimum Gasteiger partial charge on any atom is -0.377 e. The molecule has 0 aliphatic rings. The normalized spacial score (nSPS) is 13.1. The molecule has 1 rings (SSSR count). The van der Waals surface area contributed by atoms with Crippen molar-refractivity contribution >= 4 is 5.95 Å². The van der Waals surface area contributed by atoms with Gasteiger partial charge in [0.1, 0.15) is 0 Å². The zero-order chi connectivity index (χ0) is 12.8. The first-order valence-electron chi connectivity index (χ1n) is 6.42. The number of imidazole rings is 1. The van der Waals surface area contributed by atoms with Gasteiger partial charge in [-0.1, -0.05) is 13.8 Å². The van der Waals surface area contributed by atoms with Gasteiger partial charge in [-0.15, -0.1) is 0 Å². The summed E-state index contributed by atoms with van der Waals surface area (Å²) in [5.41, 5.74) is 1.04. The summed E-state index contributed by atoms with van der Waals surface area (Å²) < 4.78 is 7.70. The van der Waals surface area contributed by atoms with E-state index in [0.29, 0.717) is 5.92 Å². The standard InChI is InChI=1S/C13H25N3O/c1-6-17-12(5)9-16-8-11(4)15-13(16)14-7-10(2)3/h8,10,12H,6-7,9H2,1-5H3,(H,14,15). The van der Waals surface area contributed by atoms with Crippen molar-refractivity contribution in [2.75, 3.05) is 18.5 Å². The molecule has 1 heterocycles. The maximum absolute atomic E-state index is 5.56. The molecule has 0 bridgehead atoms. The minimum atomic E-state index is 0.216. The highest BCUT2D eigenvalue weighted by Crippen LogP contribution is 2.11. The summed E-state index contributed by atoms with van der Waals surface area (Å²) in [6.07, 6.45) is 2.28. The van der Waals surface area contributed by atoms with Gasteiger partial charge >= 0.3 is 0 Å². The number of nitrogens with one attached hydrogen (secondary N) is 1. The quantitative estimate of drug-likeness (QED) is 0.795. The number of hydrogen-bond donors (Lipinski definition) is 1. The molecule has 0 fully saturated rings. The Kier molecular flexibility index (Phi) is 5.48. The Morgan fingerprint density at radius 3 is 2.71 bits per heavy atom. The molecule has 1 aromatic rings. The second-order valence-corrected chi connectivity index (χ2v) is 4.90. The van der Waals surface area contributed by atoms with Crippen LogP contribution in [0.1, 0.15) is 33.4 Å². The van der Waals surface area contributed by atoms with E-state index in [1.54, 1.807) is 0 Å². The van der Waals surface area contributed by atoms with Crippen molar-refractivity contribution in [1.29, 1.82) is 0 Å². The van der Waals surface area contributed by atoms with Crippen molar-refractivity contribution in [3.8, 4) is 0 Å². The van der Waals surface area contributed by atoms with Gasteiger partial charge in [0.25, 0.3) is 0 Å².